The van der Waals surface area contributed by atoms with Crippen molar-refractivity contribution in [2.24, 2.45) is 0 Å². The zero-order valence-electron chi connectivity index (χ0n) is 9.00. The van der Waals surface area contributed by atoms with E-state index in [9.17, 15) is 0 Å². The van der Waals surface area contributed by atoms with E-state index in [-0.39, 0.29) is 0 Å². The topological polar surface area (TPSA) is 38.1 Å². The zero-order valence-corrected chi connectivity index (χ0v) is 9.00. The minimum absolute atomic E-state index is 0.780. The molecule has 1 heterocycles. The summed E-state index contributed by atoms with van der Waals surface area (Å²) in [6.07, 6.45) is 2.65. The minimum Gasteiger partial charge on any atom is -0.388 e. The highest BCUT2D eigenvalue weighted by Crippen LogP contribution is 2.28. The number of anilines is 1. The van der Waals surface area contributed by atoms with E-state index in [0.717, 1.165) is 34.3 Å². The number of benzene rings is 1. The quantitative estimate of drug-likeness (QED) is 0.778. The third-order valence-corrected chi connectivity index (χ3v) is 2.54. The number of hydrogen-bond acceptors (Lipinski definition) is 3. The highest BCUT2D eigenvalue weighted by atomic mass is 16.5. The molecule has 1 N–H and O–H groups in total. The van der Waals surface area contributed by atoms with Crippen molar-refractivity contribution >= 4 is 16.7 Å². The number of fused-ring (bicyclic) bond motifs is 1. The summed E-state index contributed by atoms with van der Waals surface area (Å²) in [5.74, 6) is 0. The maximum absolute atomic E-state index is 5.34. The smallest absolute Gasteiger partial charge is 0.172 e. The molecular weight excluding hydrogens is 188 g/mol. The molecule has 0 fully saturated rings. The predicted octanol–water partition coefficient (Wildman–Crippen LogP) is 2.91. The number of nitrogens with one attached hydrogen (secondary N) is 1. The van der Waals surface area contributed by atoms with Gasteiger partial charge in [-0.2, -0.15) is 0 Å². The Morgan fingerprint density at radius 3 is 3.00 bits per heavy atom. The van der Waals surface area contributed by atoms with Crippen molar-refractivity contribution in [3.8, 4) is 0 Å². The maximum Gasteiger partial charge on any atom is 0.172 e. The second kappa shape index (κ2) is 3.77. The molecule has 1 aromatic heterocycles. The largest absolute Gasteiger partial charge is 0.388 e. The third-order valence-electron chi connectivity index (χ3n) is 2.54. The zero-order chi connectivity index (χ0) is 10.8. The molecule has 0 unspecified atom stereocenters. The third kappa shape index (κ3) is 1.50. The average Bonchev–Trinajstić information content (AvgIpc) is 2.62. The molecule has 0 aliphatic rings. The Bertz CT molecular complexity index is 500. The minimum atomic E-state index is 0.780. The van der Waals surface area contributed by atoms with E-state index in [1.165, 1.54) is 0 Å². The van der Waals surface area contributed by atoms with E-state index < -0.39 is 0 Å². The Hall–Kier alpha value is -1.77. The molecular formula is C12H14N2O. The van der Waals surface area contributed by atoms with Gasteiger partial charge in [0.05, 0.1) is 5.69 Å². The van der Waals surface area contributed by atoms with Gasteiger partial charge in [0.2, 0.25) is 0 Å². The first-order valence-electron chi connectivity index (χ1n) is 4.94. The molecule has 0 aliphatic carbocycles. The van der Waals surface area contributed by atoms with E-state index in [1.54, 1.807) is 0 Å². The first-order valence-corrected chi connectivity index (χ1v) is 4.94. The van der Waals surface area contributed by atoms with Crippen molar-refractivity contribution in [1.82, 2.24) is 5.16 Å². The number of aromatic nitrogens is 1. The van der Waals surface area contributed by atoms with Crippen LogP contribution < -0.4 is 5.32 Å². The number of hydrogen-bond donors (Lipinski definition) is 1. The van der Waals surface area contributed by atoms with Crippen molar-refractivity contribution in [1.29, 1.82) is 0 Å². The van der Waals surface area contributed by atoms with Gasteiger partial charge >= 0.3 is 0 Å². The van der Waals surface area contributed by atoms with Gasteiger partial charge in [-0.3, -0.25) is 0 Å². The van der Waals surface area contributed by atoms with Crippen molar-refractivity contribution in [3.05, 3.63) is 36.0 Å². The van der Waals surface area contributed by atoms with Crippen molar-refractivity contribution in [2.45, 2.75) is 13.3 Å². The number of aryl methyl sites for hydroxylation is 1. The van der Waals surface area contributed by atoms with Crippen LogP contribution in [0.25, 0.3) is 11.0 Å². The first kappa shape index (κ1) is 9.77. The van der Waals surface area contributed by atoms with Crippen molar-refractivity contribution < 1.29 is 4.52 Å². The Balaban J connectivity index is 2.72. The lowest BCUT2D eigenvalue weighted by atomic mass is 10.1. The lowest BCUT2D eigenvalue weighted by Crippen LogP contribution is -1.94. The molecule has 3 heteroatoms. The van der Waals surface area contributed by atoms with Gasteiger partial charge in [0.1, 0.15) is 0 Å². The Morgan fingerprint density at radius 1 is 1.53 bits per heavy atom. The van der Waals surface area contributed by atoms with Crippen LogP contribution in [0.5, 0.6) is 0 Å². The lowest BCUT2D eigenvalue weighted by Gasteiger charge is -2.06. The van der Waals surface area contributed by atoms with Crippen LogP contribution in [0.15, 0.2) is 29.3 Å². The summed E-state index contributed by atoms with van der Waals surface area (Å²) in [6, 6.07) is 4.07. The average molecular weight is 202 g/mol. The van der Waals surface area contributed by atoms with Crippen LogP contribution in [0.2, 0.25) is 0 Å². The molecule has 78 valence electrons. The predicted molar refractivity (Wildman–Crippen MR) is 62.2 cm³/mol. The highest BCUT2D eigenvalue weighted by Gasteiger charge is 2.11. The number of allylic oxidation sites excluding steroid dienone is 1. The summed E-state index contributed by atoms with van der Waals surface area (Å²) in [4.78, 5) is 0. The fraction of sp³-hybridized carbons (Fsp3) is 0.250. The summed E-state index contributed by atoms with van der Waals surface area (Å²) in [6.45, 7) is 5.70. The molecule has 0 aliphatic heterocycles. The highest BCUT2D eigenvalue weighted by molar-refractivity contribution is 5.87. The van der Waals surface area contributed by atoms with Gasteiger partial charge in [0.25, 0.3) is 0 Å². The Labute approximate surface area is 88.8 Å². The van der Waals surface area contributed by atoms with E-state index >= 15 is 0 Å². The van der Waals surface area contributed by atoms with Gasteiger partial charge in [-0.25, -0.2) is 0 Å². The van der Waals surface area contributed by atoms with Crippen LogP contribution in [0.3, 0.4) is 0 Å². The molecule has 2 aromatic rings. The fourth-order valence-electron chi connectivity index (χ4n) is 1.76. The monoisotopic (exact) mass is 202 g/mol. The van der Waals surface area contributed by atoms with Gasteiger partial charge in [0.15, 0.2) is 5.58 Å². The second-order valence-electron chi connectivity index (χ2n) is 3.48. The molecule has 0 amide bonds. The summed E-state index contributed by atoms with van der Waals surface area (Å²) in [7, 11) is 1.90. The molecule has 3 nitrogen and oxygen atoms in total. The van der Waals surface area contributed by atoms with Crippen LogP contribution in [-0.4, -0.2) is 12.2 Å². The van der Waals surface area contributed by atoms with Gasteiger partial charge in [-0.05, 0) is 25.5 Å². The molecule has 0 spiro atoms. The molecule has 0 saturated heterocycles. The standard InChI is InChI=1S/C12H14N2O/c1-4-5-10-11(13-3)7-6-9-8(2)14-15-12(9)10/h4,6-7,13H,1,5H2,2-3H3. The fourth-order valence-corrected chi connectivity index (χ4v) is 1.76. The Morgan fingerprint density at radius 2 is 2.33 bits per heavy atom. The van der Waals surface area contributed by atoms with Crippen molar-refractivity contribution in [3.63, 3.8) is 0 Å². The van der Waals surface area contributed by atoms with Gasteiger partial charge in [-0.15, -0.1) is 6.58 Å². The number of nitrogens with zero attached hydrogens (tertiary/aromatic N) is 1. The van der Waals surface area contributed by atoms with E-state index in [0.29, 0.717) is 0 Å². The van der Waals surface area contributed by atoms with Crippen LogP contribution >= 0.6 is 0 Å². The summed E-state index contributed by atoms with van der Waals surface area (Å²) >= 11 is 0. The molecule has 2 rings (SSSR count). The van der Waals surface area contributed by atoms with Gasteiger partial charge in [-0.1, -0.05) is 11.2 Å². The van der Waals surface area contributed by atoms with E-state index in [4.69, 9.17) is 4.52 Å². The van der Waals surface area contributed by atoms with Crippen LogP contribution in [0, 0.1) is 6.92 Å². The second-order valence-corrected chi connectivity index (χ2v) is 3.48. The molecule has 15 heavy (non-hydrogen) atoms. The summed E-state index contributed by atoms with van der Waals surface area (Å²) < 4.78 is 5.34. The van der Waals surface area contributed by atoms with Crippen LogP contribution in [0.4, 0.5) is 5.69 Å². The molecule has 0 bridgehead atoms. The van der Waals surface area contributed by atoms with Crippen LogP contribution in [0.1, 0.15) is 11.3 Å². The summed E-state index contributed by atoms with van der Waals surface area (Å²) in [5, 5.41) is 8.20. The van der Waals surface area contributed by atoms with Gasteiger partial charge < -0.3 is 9.84 Å². The van der Waals surface area contributed by atoms with Crippen molar-refractivity contribution in [2.75, 3.05) is 12.4 Å². The SMILES string of the molecule is C=CCc1c(NC)ccc2c(C)noc12. The number of rotatable bonds is 3. The normalized spacial score (nSPS) is 10.5. The molecule has 0 atom stereocenters. The van der Waals surface area contributed by atoms with E-state index in [1.807, 2.05) is 32.2 Å². The molecule has 0 saturated carbocycles. The van der Waals surface area contributed by atoms with Crippen LogP contribution in [-0.2, 0) is 6.42 Å². The molecule has 1 aromatic carbocycles. The summed E-state index contributed by atoms with van der Waals surface area (Å²) in [5.41, 5.74) is 3.97. The van der Waals surface area contributed by atoms with Gasteiger partial charge in [0, 0.05) is 23.7 Å². The Kier molecular flexibility index (Phi) is 2.46. The van der Waals surface area contributed by atoms with E-state index in [2.05, 4.69) is 17.1 Å². The lowest BCUT2D eigenvalue weighted by molar-refractivity contribution is 0.448. The first-order chi connectivity index (χ1) is 7.27. The maximum atomic E-state index is 5.34. The molecule has 0 radical (unpaired) electrons.